The first kappa shape index (κ1) is 13.6. The van der Waals surface area contributed by atoms with Crippen LogP contribution in [-0.4, -0.2) is 22.6 Å². The predicted molar refractivity (Wildman–Crippen MR) is 79.9 cm³/mol. The first-order valence-electron chi connectivity index (χ1n) is 7.84. The summed E-state index contributed by atoms with van der Waals surface area (Å²) in [6.45, 7) is 0.595. The fraction of sp³-hybridized carbons (Fsp3) is 0.733. The van der Waals surface area contributed by atoms with E-state index in [1.165, 1.54) is 32.1 Å². The average Bonchev–Trinajstić information content (AvgIpc) is 3.30. The Kier molecular flexibility index (Phi) is 4.05. The average molecular weight is 276 g/mol. The molecule has 0 aliphatic heterocycles. The van der Waals surface area contributed by atoms with Gasteiger partial charge in [-0.15, -0.1) is 0 Å². The minimum Gasteiger partial charge on any atom is -0.366 e. The van der Waals surface area contributed by atoms with Crippen LogP contribution in [-0.2, 0) is 0 Å². The molecule has 1 unspecified atom stereocenters. The lowest BCUT2D eigenvalue weighted by atomic mass is 9.84. The third kappa shape index (κ3) is 3.20. The molecular weight excluding hydrogens is 252 g/mol. The number of hydrogen-bond donors (Lipinski definition) is 3. The Morgan fingerprint density at radius 1 is 1.30 bits per heavy atom. The van der Waals surface area contributed by atoms with Crippen molar-refractivity contribution in [1.82, 2.24) is 9.97 Å². The highest BCUT2D eigenvalue weighted by Gasteiger charge is 2.27. The topological polar surface area (TPSA) is 83.8 Å². The van der Waals surface area contributed by atoms with Crippen molar-refractivity contribution in [3.63, 3.8) is 0 Å². The minimum absolute atomic E-state index is 0.0659. The Labute approximate surface area is 119 Å². The maximum absolute atomic E-state index is 11.7. The Bertz CT molecular complexity index is 503. The fourth-order valence-electron chi connectivity index (χ4n) is 3.20. The van der Waals surface area contributed by atoms with E-state index in [1.807, 2.05) is 0 Å². The van der Waals surface area contributed by atoms with Gasteiger partial charge in [0.2, 0.25) is 0 Å². The van der Waals surface area contributed by atoms with Crippen molar-refractivity contribution in [1.29, 1.82) is 0 Å². The number of hydrogen-bond acceptors (Lipinski definition) is 4. The van der Waals surface area contributed by atoms with Gasteiger partial charge in [0, 0.05) is 24.6 Å². The highest BCUT2D eigenvalue weighted by atomic mass is 16.1. The first-order valence-corrected chi connectivity index (χ1v) is 7.84. The molecule has 0 spiro atoms. The van der Waals surface area contributed by atoms with Gasteiger partial charge in [0.25, 0.3) is 5.56 Å². The molecule has 0 bridgehead atoms. The van der Waals surface area contributed by atoms with Crippen molar-refractivity contribution in [2.45, 2.75) is 56.9 Å². The molecule has 1 heterocycles. The molecule has 1 atom stereocenters. The summed E-state index contributed by atoms with van der Waals surface area (Å²) in [7, 11) is 0. The highest BCUT2D eigenvalue weighted by molar-refractivity contribution is 5.35. The van der Waals surface area contributed by atoms with Gasteiger partial charge in [-0.25, -0.2) is 4.98 Å². The second-order valence-electron chi connectivity index (χ2n) is 6.17. The van der Waals surface area contributed by atoms with Crippen molar-refractivity contribution in [3.8, 4) is 0 Å². The molecule has 0 aromatic carbocycles. The van der Waals surface area contributed by atoms with E-state index in [-0.39, 0.29) is 11.6 Å². The zero-order valence-electron chi connectivity index (χ0n) is 11.9. The van der Waals surface area contributed by atoms with Crippen LogP contribution in [0.25, 0.3) is 0 Å². The summed E-state index contributed by atoms with van der Waals surface area (Å²) in [6, 6.07) is 1.79. The largest absolute Gasteiger partial charge is 0.366 e. The molecule has 20 heavy (non-hydrogen) atoms. The number of H-pyrrole nitrogens is 1. The number of nitrogens with one attached hydrogen (secondary N) is 2. The molecule has 5 heteroatoms. The monoisotopic (exact) mass is 276 g/mol. The van der Waals surface area contributed by atoms with E-state index in [4.69, 9.17) is 5.73 Å². The van der Waals surface area contributed by atoms with Crippen LogP contribution < -0.4 is 16.6 Å². The summed E-state index contributed by atoms with van der Waals surface area (Å²) >= 11 is 0. The van der Waals surface area contributed by atoms with Crippen molar-refractivity contribution in [3.05, 3.63) is 22.2 Å². The van der Waals surface area contributed by atoms with E-state index >= 15 is 0 Å². The number of anilines is 1. The maximum atomic E-state index is 11.7. The molecule has 0 amide bonds. The highest BCUT2D eigenvalue weighted by Crippen LogP contribution is 2.37. The van der Waals surface area contributed by atoms with Crippen molar-refractivity contribution in [2.75, 3.05) is 11.9 Å². The second kappa shape index (κ2) is 5.95. The molecule has 4 N–H and O–H groups in total. The molecule has 0 saturated heterocycles. The molecule has 1 aromatic rings. The molecule has 3 rings (SSSR count). The van der Waals surface area contributed by atoms with Crippen LogP contribution in [0.15, 0.2) is 10.9 Å². The number of nitrogens with two attached hydrogens (primary N) is 1. The van der Waals surface area contributed by atoms with E-state index in [0.717, 1.165) is 18.7 Å². The van der Waals surface area contributed by atoms with Crippen LogP contribution in [0.3, 0.4) is 0 Å². The summed E-state index contributed by atoms with van der Waals surface area (Å²) in [5, 5.41) is 3.41. The molecule has 1 aromatic heterocycles. The quantitative estimate of drug-likeness (QED) is 0.767. The molecule has 0 radical (unpaired) electrons. The lowest BCUT2D eigenvalue weighted by Gasteiger charge is -2.30. The van der Waals surface area contributed by atoms with Gasteiger partial charge in [-0.1, -0.05) is 19.3 Å². The Morgan fingerprint density at radius 3 is 2.70 bits per heavy atom. The number of nitrogens with zero attached hydrogens (tertiary/aromatic N) is 1. The zero-order valence-corrected chi connectivity index (χ0v) is 11.9. The SMILES string of the molecule is NCC(Nc1cc(=O)[nH]c(C2CC2)n1)C1CCCCC1. The van der Waals surface area contributed by atoms with Crippen molar-refractivity contribution in [2.24, 2.45) is 11.7 Å². The normalized spacial score (nSPS) is 21.6. The molecule has 2 aliphatic rings. The van der Waals surface area contributed by atoms with Gasteiger partial charge in [0.1, 0.15) is 11.6 Å². The maximum Gasteiger partial charge on any atom is 0.252 e. The summed E-state index contributed by atoms with van der Waals surface area (Å²) in [4.78, 5) is 19.1. The second-order valence-corrected chi connectivity index (χ2v) is 6.17. The minimum atomic E-state index is -0.0659. The van der Waals surface area contributed by atoms with Crippen molar-refractivity contribution < 1.29 is 0 Å². The third-order valence-electron chi connectivity index (χ3n) is 4.53. The summed E-state index contributed by atoms with van der Waals surface area (Å²) in [5.41, 5.74) is 5.86. The van der Waals surface area contributed by atoms with Crippen LogP contribution in [0, 0.1) is 5.92 Å². The van der Waals surface area contributed by atoms with Gasteiger partial charge < -0.3 is 16.0 Å². The predicted octanol–water partition coefficient (Wildman–Crippen LogP) is 1.97. The first-order chi connectivity index (χ1) is 9.76. The molecule has 110 valence electrons. The van der Waals surface area contributed by atoms with Crippen LogP contribution in [0.2, 0.25) is 0 Å². The summed E-state index contributed by atoms with van der Waals surface area (Å²) in [5.74, 6) is 2.59. The summed E-state index contributed by atoms with van der Waals surface area (Å²) in [6.07, 6.45) is 8.65. The van der Waals surface area contributed by atoms with E-state index in [1.54, 1.807) is 6.07 Å². The lowest BCUT2D eigenvalue weighted by Crippen LogP contribution is -2.38. The fourth-order valence-corrected chi connectivity index (χ4v) is 3.20. The number of aromatic amines is 1. The molecule has 2 fully saturated rings. The molecule has 2 saturated carbocycles. The van der Waals surface area contributed by atoms with E-state index in [2.05, 4.69) is 15.3 Å². The standard InChI is InChI=1S/C15H24N4O/c16-9-12(10-4-2-1-3-5-10)17-13-8-14(20)19-15(18-13)11-6-7-11/h8,10-12H,1-7,9,16H2,(H2,17,18,19,20). The molecular formula is C15H24N4O. The van der Waals surface area contributed by atoms with Gasteiger partial charge in [-0.3, -0.25) is 4.79 Å². The molecule has 5 nitrogen and oxygen atoms in total. The number of rotatable bonds is 5. The van der Waals surface area contributed by atoms with Gasteiger partial charge in [0.05, 0.1) is 0 Å². The van der Waals surface area contributed by atoms with Gasteiger partial charge in [-0.05, 0) is 31.6 Å². The smallest absolute Gasteiger partial charge is 0.252 e. The zero-order chi connectivity index (χ0) is 13.9. The number of aromatic nitrogens is 2. The third-order valence-corrected chi connectivity index (χ3v) is 4.53. The van der Waals surface area contributed by atoms with Gasteiger partial charge in [-0.2, -0.15) is 0 Å². The van der Waals surface area contributed by atoms with Gasteiger partial charge in [0.15, 0.2) is 0 Å². The summed E-state index contributed by atoms with van der Waals surface area (Å²) < 4.78 is 0. The Morgan fingerprint density at radius 2 is 2.05 bits per heavy atom. The van der Waals surface area contributed by atoms with Gasteiger partial charge >= 0.3 is 0 Å². The van der Waals surface area contributed by atoms with Crippen LogP contribution >= 0.6 is 0 Å². The molecule has 2 aliphatic carbocycles. The van der Waals surface area contributed by atoms with E-state index in [9.17, 15) is 4.79 Å². The van der Waals surface area contributed by atoms with Crippen LogP contribution in [0.4, 0.5) is 5.82 Å². The lowest BCUT2D eigenvalue weighted by molar-refractivity contribution is 0.320. The van der Waals surface area contributed by atoms with Crippen LogP contribution in [0.5, 0.6) is 0 Å². The Hall–Kier alpha value is -1.36. The van der Waals surface area contributed by atoms with E-state index in [0.29, 0.717) is 24.2 Å². The van der Waals surface area contributed by atoms with Crippen LogP contribution in [0.1, 0.15) is 56.7 Å². The van der Waals surface area contributed by atoms with Crippen molar-refractivity contribution >= 4 is 5.82 Å². The Balaban J connectivity index is 1.72. The van der Waals surface area contributed by atoms with E-state index < -0.39 is 0 Å².